The number of hydrogen-bond donors (Lipinski definition) is 0. The molecular formula is C24H30Br2O4. The first-order valence-corrected chi connectivity index (χ1v) is 11.4. The molecular weight excluding hydrogens is 512 g/mol. The van der Waals surface area contributed by atoms with E-state index in [4.69, 9.17) is 9.47 Å². The van der Waals surface area contributed by atoms with Crippen LogP contribution in [-0.4, -0.2) is 26.2 Å². The molecule has 0 fully saturated rings. The molecule has 4 atom stereocenters. The van der Waals surface area contributed by atoms with Gasteiger partial charge in [-0.25, -0.2) is 0 Å². The van der Waals surface area contributed by atoms with Gasteiger partial charge in [0.15, 0.2) is 0 Å². The molecule has 2 aromatic carbocycles. The highest BCUT2D eigenvalue weighted by Gasteiger charge is 2.22. The van der Waals surface area contributed by atoms with Crippen molar-refractivity contribution in [1.82, 2.24) is 0 Å². The zero-order chi connectivity index (χ0) is 22.8. The van der Waals surface area contributed by atoms with Crippen LogP contribution >= 0.6 is 31.9 Å². The van der Waals surface area contributed by atoms with Gasteiger partial charge in [-0.2, -0.15) is 0 Å². The van der Waals surface area contributed by atoms with Crippen LogP contribution in [0, 0.1) is 11.8 Å². The molecule has 0 spiro atoms. The summed E-state index contributed by atoms with van der Waals surface area (Å²) >= 11 is 6.77. The van der Waals surface area contributed by atoms with Crippen LogP contribution in [0.5, 0.6) is 0 Å². The van der Waals surface area contributed by atoms with Crippen molar-refractivity contribution < 1.29 is 19.1 Å². The molecule has 0 aliphatic heterocycles. The Labute approximate surface area is 196 Å². The first-order valence-electron chi connectivity index (χ1n) is 9.78. The molecule has 0 radical (unpaired) electrons. The average molecular weight is 542 g/mol. The minimum Gasteiger partial charge on any atom is -0.469 e. The zero-order valence-corrected chi connectivity index (χ0v) is 21.5. The van der Waals surface area contributed by atoms with Crippen LogP contribution in [0.25, 0.3) is 0 Å². The summed E-state index contributed by atoms with van der Waals surface area (Å²) in [5, 5.41) is 0. The summed E-state index contributed by atoms with van der Waals surface area (Å²) in [4.78, 5) is 22.7. The maximum atomic E-state index is 11.4. The molecule has 30 heavy (non-hydrogen) atoms. The van der Waals surface area contributed by atoms with E-state index in [1.54, 1.807) is 0 Å². The van der Waals surface area contributed by atoms with Crippen molar-refractivity contribution in [3.05, 3.63) is 68.6 Å². The Bertz CT molecular complexity index is 733. The van der Waals surface area contributed by atoms with Crippen LogP contribution in [0.3, 0.4) is 0 Å². The number of rotatable bonds is 6. The number of benzene rings is 2. The smallest absolute Gasteiger partial charge is 0.308 e. The van der Waals surface area contributed by atoms with E-state index in [9.17, 15) is 9.59 Å². The quantitative estimate of drug-likeness (QED) is 0.381. The van der Waals surface area contributed by atoms with E-state index < -0.39 is 0 Å². The highest BCUT2D eigenvalue weighted by molar-refractivity contribution is 9.10. The van der Waals surface area contributed by atoms with Crippen molar-refractivity contribution in [3.8, 4) is 0 Å². The molecule has 6 heteroatoms. The molecule has 4 nitrogen and oxygen atoms in total. The van der Waals surface area contributed by atoms with Gasteiger partial charge in [-0.3, -0.25) is 9.59 Å². The lowest BCUT2D eigenvalue weighted by Gasteiger charge is -2.17. The molecule has 0 bridgehead atoms. The standard InChI is InChI=1S/2C12H15BrO2/c2*1-8(9(2)12(14)15-3)10-4-6-11(13)7-5-10/h2*4-9H,1-3H3/t8-,9+;8-,9-/m00/s1. The number of carbonyl (C=O) groups is 2. The van der Waals surface area contributed by atoms with E-state index in [1.807, 2.05) is 76.2 Å². The Morgan fingerprint density at radius 1 is 0.633 bits per heavy atom. The first kappa shape index (κ1) is 26.4. The molecule has 0 N–H and O–H groups in total. The Hall–Kier alpha value is -1.66. The van der Waals surface area contributed by atoms with Crippen molar-refractivity contribution in [2.24, 2.45) is 11.8 Å². The summed E-state index contributed by atoms with van der Waals surface area (Å²) in [6.45, 7) is 7.84. The molecule has 0 amide bonds. The lowest BCUT2D eigenvalue weighted by Crippen LogP contribution is -2.18. The van der Waals surface area contributed by atoms with Gasteiger partial charge in [-0.1, -0.05) is 83.8 Å². The summed E-state index contributed by atoms with van der Waals surface area (Å²) in [5.41, 5.74) is 2.30. The normalized spacial score (nSPS) is 14.4. The highest BCUT2D eigenvalue weighted by atomic mass is 79.9. The van der Waals surface area contributed by atoms with E-state index in [-0.39, 0.29) is 35.6 Å². The van der Waals surface area contributed by atoms with Crippen molar-refractivity contribution in [2.75, 3.05) is 14.2 Å². The van der Waals surface area contributed by atoms with E-state index in [2.05, 4.69) is 31.9 Å². The van der Waals surface area contributed by atoms with Gasteiger partial charge in [0.1, 0.15) is 0 Å². The van der Waals surface area contributed by atoms with Crippen molar-refractivity contribution >= 4 is 43.8 Å². The third kappa shape index (κ3) is 7.88. The Morgan fingerprint density at radius 2 is 0.900 bits per heavy atom. The summed E-state index contributed by atoms with van der Waals surface area (Å²) in [5.74, 6) is -0.209. The molecule has 0 aliphatic rings. The van der Waals surface area contributed by atoms with Crippen LogP contribution in [0.2, 0.25) is 0 Å². The highest BCUT2D eigenvalue weighted by Crippen LogP contribution is 2.27. The Balaban J connectivity index is 0.000000300. The molecule has 0 unspecified atom stereocenters. The Kier molecular flexibility index (Phi) is 11.3. The summed E-state index contributed by atoms with van der Waals surface area (Å²) in [7, 11) is 2.85. The number of methoxy groups -OCH3 is 2. The van der Waals surface area contributed by atoms with Crippen molar-refractivity contribution in [1.29, 1.82) is 0 Å². The minimum atomic E-state index is -0.162. The first-order chi connectivity index (χ1) is 14.1. The Morgan fingerprint density at radius 3 is 1.13 bits per heavy atom. The lowest BCUT2D eigenvalue weighted by atomic mass is 9.89. The van der Waals surface area contributed by atoms with Crippen LogP contribution in [0.15, 0.2) is 57.5 Å². The second-order valence-electron chi connectivity index (χ2n) is 7.30. The van der Waals surface area contributed by atoms with Gasteiger partial charge in [-0.05, 0) is 47.2 Å². The van der Waals surface area contributed by atoms with Crippen LogP contribution in [0.1, 0.15) is 50.7 Å². The second-order valence-corrected chi connectivity index (χ2v) is 9.14. The molecule has 0 aliphatic carbocycles. The third-order valence-corrected chi connectivity index (χ3v) is 6.49. The van der Waals surface area contributed by atoms with Gasteiger partial charge in [0.25, 0.3) is 0 Å². The van der Waals surface area contributed by atoms with Crippen LogP contribution in [0.4, 0.5) is 0 Å². The predicted octanol–water partition coefficient (Wildman–Crippen LogP) is 6.72. The summed E-state index contributed by atoms with van der Waals surface area (Å²) in [6, 6.07) is 16.0. The average Bonchev–Trinajstić information content (AvgIpc) is 2.77. The van der Waals surface area contributed by atoms with Gasteiger partial charge >= 0.3 is 11.9 Å². The van der Waals surface area contributed by atoms with Crippen molar-refractivity contribution in [2.45, 2.75) is 39.5 Å². The number of ether oxygens (including phenoxy) is 2. The largest absolute Gasteiger partial charge is 0.469 e. The van der Waals surface area contributed by atoms with Gasteiger partial charge in [0.2, 0.25) is 0 Å². The number of carbonyl (C=O) groups excluding carboxylic acids is 2. The molecule has 164 valence electrons. The van der Waals surface area contributed by atoms with E-state index in [1.165, 1.54) is 14.2 Å². The monoisotopic (exact) mass is 540 g/mol. The molecule has 0 heterocycles. The molecule has 2 rings (SSSR count). The predicted molar refractivity (Wildman–Crippen MR) is 127 cm³/mol. The SMILES string of the molecule is COC(=O)[C@@H](C)[C@H](C)c1ccc(Br)cc1.COC(=O)[C@H](C)[C@H](C)c1ccc(Br)cc1. The molecule has 0 aromatic heterocycles. The summed E-state index contributed by atoms with van der Waals surface area (Å²) < 4.78 is 11.6. The van der Waals surface area contributed by atoms with Gasteiger partial charge in [0, 0.05) is 8.95 Å². The zero-order valence-electron chi connectivity index (χ0n) is 18.3. The minimum absolute atomic E-state index is 0.115. The number of halogens is 2. The fraction of sp³-hybridized carbons (Fsp3) is 0.417. The molecule has 2 aromatic rings. The second kappa shape index (κ2) is 12.9. The van der Waals surface area contributed by atoms with Crippen LogP contribution < -0.4 is 0 Å². The molecule has 0 saturated carbocycles. The van der Waals surface area contributed by atoms with Crippen LogP contribution in [-0.2, 0) is 19.1 Å². The topological polar surface area (TPSA) is 52.6 Å². The maximum Gasteiger partial charge on any atom is 0.308 e. The fourth-order valence-electron chi connectivity index (χ4n) is 2.89. The third-order valence-electron chi connectivity index (χ3n) is 5.44. The number of hydrogen-bond acceptors (Lipinski definition) is 4. The molecule has 0 saturated heterocycles. The van der Waals surface area contributed by atoms with E-state index >= 15 is 0 Å². The lowest BCUT2D eigenvalue weighted by molar-refractivity contribution is -0.146. The van der Waals surface area contributed by atoms with Gasteiger partial charge in [0.05, 0.1) is 26.1 Å². The maximum absolute atomic E-state index is 11.4. The van der Waals surface area contributed by atoms with E-state index in [0.29, 0.717) is 0 Å². The van der Waals surface area contributed by atoms with Crippen molar-refractivity contribution in [3.63, 3.8) is 0 Å². The van der Waals surface area contributed by atoms with E-state index in [0.717, 1.165) is 20.1 Å². The fourth-order valence-corrected chi connectivity index (χ4v) is 3.42. The van der Waals surface area contributed by atoms with Gasteiger partial charge in [-0.15, -0.1) is 0 Å². The summed E-state index contributed by atoms with van der Waals surface area (Å²) in [6.07, 6.45) is 0. The van der Waals surface area contributed by atoms with Gasteiger partial charge < -0.3 is 9.47 Å². The number of esters is 2.